The zero-order valence-electron chi connectivity index (χ0n) is 16.9. The van der Waals surface area contributed by atoms with Crippen LogP contribution in [0.3, 0.4) is 0 Å². The molecule has 0 unspecified atom stereocenters. The summed E-state index contributed by atoms with van der Waals surface area (Å²) in [6, 6.07) is 2.74. The van der Waals surface area contributed by atoms with Crippen LogP contribution in [0.2, 0.25) is 0 Å². The zero-order chi connectivity index (χ0) is 21.5. The molecule has 0 bridgehead atoms. The first-order valence-electron chi connectivity index (χ1n) is 10.2. The van der Waals surface area contributed by atoms with Crippen molar-refractivity contribution in [2.24, 2.45) is 5.92 Å². The average molecular weight is 455 g/mol. The van der Waals surface area contributed by atoms with E-state index in [-0.39, 0.29) is 54.7 Å². The highest BCUT2D eigenvalue weighted by molar-refractivity contribution is 7.91. The average Bonchev–Trinajstić information content (AvgIpc) is 3.35. The third-order valence-corrected chi connectivity index (χ3v) is 9.75. The summed E-state index contributed by atoms with van der Waals surface area (Å²) in [5.74, 6) is -0.618. The molecule has 2 aliphatic heterocycles. The molecule has 1 aromatic heterocycles. The smallest absolute Gasteiger partial charge is 0.325 e. The van der Waals surface area contributed by atoms with Gasteiger partial charge in [-0.05, 0) is 30.2 Å². The van der Waals surface area contributed by atoms with E-state index in [2.05, 4.69) is 5.32 Å². The molecule has 3 aliphatic rings. The Morgan fingerprint density at radius 3 is 2.60 bits per heavy atom. The van der Waals surface area contributed by atoms with E-state index in [1.54, 1.807) is 17.5 Å². The lowest BCUT2D eigenvalue weighted by Gasteiger charge is -2.37. The minimum absolute atomic E-state index is 0.0359. The van der Waals surface area contributed by atoms with Crippen molar-refractivity contribution in [3.8, 4) is 0 Å². The van der Waals surface area contributed by atoms with Crippen LogP contribution < -0.4 is 5.32 Å². The van der Waals surface area contributed by atoms with Crippen LogP contribution in [0.15, 0.2) is 21.7 Å². The Bertz CT molecular complexity index is 940. The predicted molar refractivity (Wildman–Crippen MR) is 110 cm³/mol. The molecule has 1 N–H and O–H groups in total. The largest absolute Gasteiger partial charge is 0.338 e. The van der Waals surface area contributed by atoms with Gasteiger partial charge in [-0.1, -0.05) is 25.8 Å². The molecule has 11 heteroatoms. The molecular formula is C19H26N4O5S2. The molecule has 30 heavy (non-hydrogen) atoms. The van der Waals surface area contributed by atoms with Crippen molar-refractivity contribution in [3.05, 3.63) is 17.5 Å². The highest BCUT2D eigenvalue weighted by Crippen LogP contribution is 2.38. The molecule has 3 fully saturated rings. The van der Waals surface area contributed by atoms with Crippen molar-refractivity contribution in [1.82, 2.24) is 19.4 Å². The second kappa shape index (κ2) is 7.93. The summed E-state index contributed by atoms with van der Waals surface area (Å²) in [7, 11) is -3.55. The third kappa shape index (κ3) is 3.52. The first kappa shape index (κ1) is 21.3. The van der Waals surface area contributed by atoms with Gasteiger partial charge in [0.1, 0.15) is 16.3 Å². The summed E-state index contributed by atoms with van der Waals surface area (Å²) in [6.07, 6.45) is 3.37. The molecule has 3 heterocycles. The SMILES string of the molecule is C[C@H]1CCCC[C@]12NC(=O)N(CC(=O)N1CCN(S(=O)(=O)c3cccs3)CC1)C2=O. The van der Waals surface area contributed by atoms with Crippen molar-refractivity contribution < 1.29 is 22.8 Å². The molecule has 164 valence electrons. The molecule has 1 spiro atoms. The number of amides is 4. The Morgan fingerprint density at radius 1 is 1.23 bits per heavy atom. The number of thiophene rings is 1. The summed E-state index contributed by atoms with van der Waals surface area (Å²) in [5.41, 5.74) is -0.886. The maximum atomic E-state index is 13.0. The molecule has 1 aromatic rings. The van der Waals surface area contributed by atoms with Gasteiger partial charge in [-0.15, -0.1) is 11.3 Å². The first-order chi connectivity index (χ1) is 14.3. The van der Waals surface area contributed by atoms with Gasteiger partial charge in [0.05, 0.1) is 0 Å². The summed E-state index contributed by atoms with van der Waals surface area (Å²) in [6.45, 7) is 2.50. The van der Waals surface area contributed by atoms with E-state index in [4.69, 9.17) is 0 Å². The monoisotopic (exact) mass is 454 g/mol. The quantitative estimate of drug-likeness (QED) is 0.685. The topological polar surface area (TPSA) is 107 Å². The molecular weight excluding hydrogens is 428 g/mol. The molecule has 9 nitrogen and oxygen atoms in total. The Balaban J connectivity index is 1.37. The van der Waals surface area contributed by atoms with Crippen LogP contribution in [0.1, 0.15) is 32.6 Å². The van der Waals surface area contributed by atoms with Crippen LogP contribution in [0.25, 0.3) is 0 Å². The Hall–Kier alpha value is -1.98. The van der Waals surface area contributed by atoms with Gasteiger partial charge in [0, 0.05) is 26.2 Å². The number of carbonyl (C=O) groups is 3. The maximum absolute atomic E-state index is 13.0. The number of sulfonamides is 1. The fourth-order valence-corrected chi connectivity index (χ4v) is 7.16. The number of carbonyl (C=O) groups excluding carboxylic acids is 3. The lowest BCUT2D eigenvalue weighted by Crippen LogP contribution is -2.55. The zero-order valence-corrected chi connectivity index (χ0v) is 18.5. The molecule has 4 rings (SSSR count). The Morgan fingerprint density at radius 2 is 1.97 bits per heavy atom. The number of nitrogens with zero attached hydrogens (tertiary/aromatic N) is 3. The summed E-state index contributed by atoms with van der Waals surface area (Å²) in [5, 5.41) is 4.56. The van der Waals surface area contributed by atoms with Crippen LogP contribution >= 0.6 is 11.3 Å². The fourth-order valence-electron chi connectivity index (χ4n) is 4.59. The second-order valence-corrected chi connectivity index (χ2v) is 11.3. The van der Waals surface area contributed by atoms with E-state index in [0.29, 0.717) is 6.42 Å². The second-order valence-electron chi connectivity index (χ2n) is 8.16. The highest BCUT2D eigenvalue weighted by atomic mass is 32.2. The number of imide groups is 1. The van der Waals surface area contributed by atoms with Crippen LogP contribution in [0.4, 0.5) is 4.79 Å². The van der Waals surface area contributed by atoms with Crippen LogP contribution in [-0.2, 0) is 19.6 Å². The van der Waals surface area contributed by atoms with E-state index in [1.807, 2.05) is 6.92 Å². The molecule has 1 aliphatic carbocycles. The van der Waals surface area contributed by atoms with Gasteiger partial charge in [-0.3, -0.25) is 14.5 Å². The first-order valence-corrected chi connectivity index (χ1v) is 12.5. The minimum atomic E-state index is -3.55. The lowest BCUT2D eigenvalue weighted by atomic mass is 9.73. The Labute approximate surface area is 180 Å². The van der Waals surface area contributed by atoms with Crippen LogP contribution in [-0.4, -0.2) is 78.6 Å². The number of nitrogens with one attached hydrogen (secondary N) is 1. The van der Waals surface area contributed by atoms with Crippen molar-refractivity contribution in [2.45, 2.75) is 42.4 Å². The van der Waals surface area contributed by atoms with Crippen molar-refractivity contribution in [2.75, 3.05) is 32.7 Å². The normalized spacial score (nSPS) is 28.2. The molecule has 4 amide bonds. The van der Waals surface area contributed by atoms with Gasteiger partial charge in [0.2, 0.25) is 5.91 Å². The summed E-state index contributed by atoms with van der Waals surface area (Å²) < 4.78 is 26.9. The van der Waals surface area contributed by atoms with E-state index in [1.165, 1.54) is 9.21 Å². The molecule has 0 aromatic carbocycles. The molecule has 2 atom stereocenters. The predicted octanol–water partition coefficient (Wildman–Crippen LogP) is 1.08. The number of hydrogen-bond donors (Lipinski definition) is 1. The van der Waals surface area contributed by atoms with Crippen LogP contribution in [0.5, 0.6) is 0 Å². The number of urea groups is 1. The fraction of sp³-hybridized carbons (Fsp3) is 0.632. The lowest BCUT2D eigenvalue weighted by molar-refractivity contribution is -0.141. The van der Waals surface area contributed by atoms with Crippen molar-refractivity contribution in [3.63, 3.8) is 0 Å². The number of piperazine rings is 1. The van der Waals surface area contributed by atoms with Crippen molar-refractivity contribution >= 4 is 39.2 Å². The highest BCUT2D eigenvalue weighted by Gasteiger charge is 2.55. The van der Waals surface area contributed by atoms with Crippen LogP contribution in [0, 0.1) is 5.92 Å². The van der Waals surface area contributed by atoms with Gasteiger partial charge in [-0.2, -0.15) is 4.31 Å². The van der Waals surface area contributed by atoms with E-state index >= 15 is 0 Å². The summed E-state index contributed by atoms with van der Waals surface area (Å²) >= 11 is 1.16. The maximum Gasteiger partial charge on any atom is 0.325 e. The van der Waals surface area contributed by atoms with Crippen molar-refractivity contribution in [1.29, 1.82) is 0 Å². The van der Waals surface area contributed by atoms with E-state index < -0.39 is 21.6 Å². The number of rotatable bonds is 4. The minimum Gasteiger partial charge on any atom is -0.338 e. The molecule has 1 saturated carbocycles. The van der Waals surface area contributed by atoms with Gasteiger partial charge < -0.3 is 10.2 Å². The molecule has 2 saturated heterocycles. The van der Waals surface area contributed by atoms with E-state index in [9.17, 15) is 22.8 Å². The van der Waals surface area contributed by atoms with Gasteiger partial charge >= 0.3 is 6.03 Å². The number of hydrogen-bond acceptors (Lipinski definition) is 6. The van der Waals surface area contributed by atoms with Gasteiger partial charge in [-0.25, -0.2) is 13.2 Å². The van der Waals surface area contributed by atoms with Gasteiger partial charge in [0.15, 0.2) is 0 Å². The van der Waals surface area contributed by atoms with E-state index in [0.717, 1.165) is 35.5 Å². The standard InChI is InChI=1S/C19H26N4O5S2/c1-14-5-2-3-7-19(14)17(25)23(18(26)20-19)13-15(24)21-8-10-22(11-9-21)30(27,28)16-6-4-12-29-16/h4,6,12,14H,2-3,5,7-11,13H2,1H3,(H,20,26)/t14-,19-/m0/s1. The third-order valence-electron chi connectivity index (χ3n) is 6.48. The van der Waals surface area contributed by atoms with Gasteiger partial charge in [0.25, 0.3) is 15.9 Å². The Kier molecular flexibility index (Phi) is 5.62. The molecule has 0 radical (unpaired) electrons. The summed E-state index contributed by atoms with van der Waals surface area (Å²) in [4.78, 5) is 40.8.